The molecule has 0 rings (SSSR count). The highest BCUT2D eigenvalue weighted by molar-refractivity contribution is 7.87. The van der Waals surface area contributed by atoms with E-state index in [-0.39, 0.29) is 12.8 Å². The van der Waals surface area contributed by atoms with Crippen molar-refractivity contribution in [3.05, 3.63) is 0 Å². The van der Waals surface area contributed by atoms with E-state index in [1.807, 2.05) is 0 Å². The molecule has 0 aromatic carbocycles. The highest BCUT2D eigenvalue weighted by Crippen LogP contribution is 2.24. The first kappa shape index (κ1) is 15.9. The zero-order chi connectivity index (χ0) is 12.7. The predicted octanol–water partition coefficient (Wildman–Crippen LogP) is 2.72. The molecule has 0 saturated carbocycles. The van der Waals surface area contributed by atoms with E-state index in [9.17, 15) is 13.5 Å². The quantitative estimate of drug-likeness (QED) is 0.489. The summed E-state index contributed by atoms with van der Waals surface area (Å²) in [6.45, 7) is 3.69. The third kappa shape index (κ3) is 5.27. The lowest BCUT2D eigenvalue weighted by Crippen LogP contribution is -2.37. The van der Waals surface area contributed by atoms with Gasteiger partial charge >= 0.3 is 0 Å². The first-order valence-electron chi connectivity index (χ1n) is 6.06. The Morgan fingerprint density at radius 3 is 1.94 bits per heavy atom. The molecule has 1 unspecified atom stereocenters. The van der Waals surface area contributed by atoms with Crippen molar-refractivity contribution in [1.82, 2.24) is 0 Å². The van der Waals surface area contributed by atoms with Crippen LogP contribution in [0.3, 0.4) is 0 Å². The van der Waals surface area contributed by atoms with Crippen molar-refractivity contribution in [3.8, 4) is 0 Å². The van der Waals surface area contributed by atoms with E-state index in [4.69, 9.17) is 4.55 Å². The van der Waals surface area contributed by atoms with Gasteiger partial charge in [0.05, 0.1) is 0 Å². The van der Waals surface area contributed by atoms with Crippen molar-refractivity contribution in [2.45, 2.75) is 70.1 Å². The Morgan fingerprint density at radius 2 is 1.50 bits per heavy atom. The summed E-state index contributed by atoms with van der Waals surface area (Å²) in [6, 6.07) is 0. The fourth-order valence-corrected chi connectivity index (χ4v) is 2.44. The van der Waals surface area contributed by atoms with E-state index >= 15 is 0 Å². The molecule has 16 heavy (non-hydrogen) atoms. The Morgan fingerprint density at radius 1 is 1.00 bits per heavy atom. The third-order valence-electron chi connectivity index (χ3n) is 2.95. The average molecular weight is 252 g/mol. The Bertz CT molecular complexity index is 274. The molecule has 98 valence electrons. The normalized spacial score (nSPS) is 16.0. The summed E-state index contributed by atoms with van der Waals surface area (Å²) in [5.41, 5.74) is 0. The lowest BCUT2D eigenvalue weighted by atomic mass is 10.1. The smallest absolute Gasteiger partial charge is 0.294 e. The largest absolute Gasteiger partial charge is 0.372 e. The number of rotatable bonds is 9. The van der Waals surface area contributed by atoms with Gasteiger partial charge in [0.1, 0.15) is 0 Å². The van der Waals surface area contributed by atoms with Gasteiger partial charge in [0.2, 0.25) is 0 Å². The maximum absolute atomic E-state index is 11.0. The van der Waals surface area contributed by atoms with Crippen molar-refractivity contribution in [2.24, 2.45) is 0 Å². The first-order chi connectivity index (χ1) is 7.37. The lowest BCUT2D eigenvalue weighted by Gasteiger charge is -2.22. The molecule has 4 nitrogen and oxygen atoms in total. The zero-order valence-electron chi connectivity index (χ0n) is 10.3. The number of hydrogen-bond acceptors (Lipinski definition) is 3. The second kappa shape index (κ2) is 7.25. The summed E-state index contributed by atoms with van der Waals surface area (Å²) in [6.07, 6.45) is 6.24. The molecule has 0 aromatic rings. The van der Waals surface area contributed by atoms with Crippen LogP contribution in [-0.4, -0.2) is 23.0 Å². The Labute approximate surface area is 98.8 Å². The standard InChI is InChI=1S/C11H24O4S/c1-3-5-6-7-8-9-10-11(12,4-2)16(13,14)15/h12H,3-10H2,1-2H3,(H,13,14,15). The van der Waals surface area contributed by atoms with Gasteiger partial charge in [-0.2, -0.15) is 8.42 Å². The summed E-state index contributed by atoms with van der Waals surface area (Å²) in [5.74, 6) is 0. The van der Waals surface area contributed by atoms with Crippen molar-refractivity contribution in [1.29, 1.82) is 0 Å². The predicted molar refractivity (Wildman–Crippen MR) is 64.8 cm³/mol. The van der Waals surface area contributed by atoms with Gasteiger partial charge in [0.25, 0.3) is 10.1 Å². The second-order valence-electron chi connectivity index (χ2n) is 4.29. The third-order valence-corrected chi connectivity index (χ3v) is 4.41. The molecule has 0 aliphatic rings. The van der Waals surface area contributed by atoms with Crippen LogP contribution in [0, 0.1) is 0 Å². The monoisotopic (exact) mass is 252 g/mol. The highest BCUT2D eigenvalue weighted by Gasteiger charge is 2.37. The molecule has 0 amide bonds. The highest BCUT2D eigenvalue weighted by atomic mass is 32.2. The minimum Gasteiger partial charge on any atom is -0.372 e. The van der Waals surface area contributed by atoms with Crippen LogP contribution in [0.2, 0.25) is 0 Å². The molecule has 0 saturated heterocycles. The van der Waals surface area contributed by atoms with Gasteiger partial charge in [0, 0.05) is 0 Å². The Hall–Kier alpha value is -0.130. The summed E-state index contributed by atoms with van der Waals surface area (Å²) < 4.78 is 30.8. The fourth-order valence-electron chi connectivity index (χ4n) is 1.67. The maximum Gasteiger partial charge on any atom is 0.294 e. The molecule has 2 N–H and O–H groups in total. The molecule has 0 radical (unpaired) electrons. The average Bonchev–Trinajstić information content (AvgIpc) is 2.21. The molecule has 1 atom stereocenters. The number of aliphatic hydroxyl groups is 1. The maximum atomic E-state index is 11.0. The topological polar surface area (TPSA) is 74.6 Å². The van der Waals surface area contributed by atoms with E-state index in [2.05, 4.69) is 6.92 Å². The van der Waals surface area contributed by atoms with Crippen molar-refractivity contribution in [3.63, 3.8) is 0 Å². The van der Waals surface area contributed by atoms with E-state index < -0.39 is 15.1 Å². The lowest BCUT2D eigenvalue weighted by molar-refractivity contribution is 0.0965. The Balaban J connectivity index is 3.89. The molecule has 0 aromatic heterocycles. The van der Waals surface area contributed by atoms with Crippen LogP contribution in [0.1, 0.15) is 65.2 Å². The summed E-state index contributed by atoms with van der Waals surface area (Å²) >= 11 is 0. The van der Waals surface area contributed by atoms with Crippen LogP contribution in [-0.2, 0) is 10.1 Å². The SMILES string of the molecule is CCCCCCCCC(O)(CC)S(=O)(=O)O. The van der Waals surface area contributed by atoms with Crippen LogP contribution in [0.4, 0.5) is 0 Å². The minimum absolute atomic E-state index is 0.0286. The molecule has 0 aliphatic carbocycles. The zero-order valence-corrected chi connectivity index (χ0v) is 11.1. The van der Waals surface area contributed by atoms with Gasteiger partial charge < -0.3 is 5.11 Å². The van der Waals surface area contributed by atoms with Crippen LogP contribution < -0.4 is 0 Å². The number of hydrogen-bond donors (Lipinski definition) is 2. The summed E-state index contributed by atoms with van der Waals surface area (Å²) in [7, 11) is -4.36. The van der Waals surface area contributed by atoms with Crippen LogP contribution in [0.15, 0.2) is 0 Å². The van der Waals surface area contributed by atoms with Gasteiger partial charge in [-0.15, -0.1) is 0 Å². The minimum atomic E-state index is -4.36. The van der Waals surface area contributed by atoms with Crippen molar-refractivity contribution in [2.75, 3.05) is 0 Å². The van der Waals surface area contributed by atoms with Crippen molar-refractivity contribution < 1.29 is 18.1 Å². The van der Waals surface area contributed by atoms with E-state index in [0.29, 0.717) is 6.42 Å². The summed E-state index contributed by atoms with van der Waals surface area (Å²) in [4.78, 5) is -1.95. The second-order valence-corrected chi connectivity index (χ2v) is 6.00. The molecule has 0 heterocycles. The van der Waals surface area contributed by atoms with Gasteiger partial charge in [-0.05, 0) is 19.3 Å². The fraction of sp³-hybridized carbons (Fsp3) is 1.00. The molecule has 5 heteroatoms. The van der Waals surface area contributed by atoms with E-state index in [1.54, 1.807) is 6.92 Å². The molecule has 0 spiro atoms. The molecule has 0 aliphatic heterocycles. The molecular formula is C11H24O4S. The number of unbranched alkanes of at least 4 members (excludes halogenated alkanes) is 5. The molecule has 0 fully saturated rings. The van der Waals surface area contributed by atoms with Gasteiger partial charge in [0.15, 0.2) is 4.93 Å². The Kier molecular flexibility index (Phi) is 7.19. The molecular weight excluding hydrogens is 228 g/mol. The van der Waals surface area contributed by atoms with Crippen LogP contribution >= 0.6 is 0 Å². The molecule has 0 bridgehead atoms. The van der Waals surface area contributed by atoms with Gasteiger partial charge in [-0.1, -0.05) is 46.0 Å². The van der Waals surface area contributed by atoms with Gasteiger partial charge in [-0.25, -0.2) is 0 Å². The van der Waals surface area contributed by atoms with Gasteiger partial charge in [-0.3, -0.25) is 4.55 Å². The van der Waals surface area contributed by atoms with E-state index in [0.717, 1.165) is 19.3 Å². The van der Waals surface area contributed by atoms with E-state index in [1.165, 1.54) is 12.8 Å². The van der Waals surface area contributed by atoms with Crippen molar-refractivity contribution >= 4 is 10.1 Å². The van der Waals surface area contributed by atoms with Crippen LogP contribution in [0.5, 0.6) is 0 Å². The summed E-state index contributed by atoms with van der Waals surface area (Å²) in [5, 5.41) is 9.72. The first-order valence-corrected chi connectivity index (χ1v) is 7.51. The van der Waals surface area contributed by atoms with Crippen LogP contribution in [0.25, 0.3) is 0 Å².